The summed E-state index contributed by atoms with van der Waals surface area (Å²) in [7, 11) is 0. The van der Waals surface area contributed by atoms with Crippen LogP contribution in [0.4, 0.5) is 11.8 Å². The van der Waals surface area contributed by atoms with E-state index in [1.807, 2.05) is 12.3 Å². The Morgan fingerprint density at radius 3 is 2.95 bits per heavy atom. The molecule has 0 saturated carbocycles. The molecule has 0 fully saturated rings. The van der Waals surface area contributed by atoms with E-state index in [2.05, 4.69) is 22.2 Å². The van der Waals surface area contributed by atoms with Crippen molar-refractivity contribution in [1.82, 2.24) is 9.97 Å². The van der Waals surface area contributed by atoms with Crippen LogP contribution in [-0.4, -0.2) is 27.7 Å². The molecule has 104 valence electrons. The number of anilines is 2. The lowest BCUT2D eigenvalue weighted by Crippen LogP contribution is -2.24. The third-order valence-electron chi connectivity index (χ3n) is 3.08. The molecule has 0 radical (unpaired) electrons. The molecule has 5 nitrogen and oxygen atoms in total. The SMILES string of the molecule is CCCC[C@@H](CO)Nc1nc(N)nc2c(C)csc12. The molecule has 0 bridgehead atoms. The van der Waals surface area contributed by atoms with Crippen molar-refractivity contribution in [1.29, 1.82) is 0 Å². The van der Waals surface area contributed by atoms with Crippen molar-refractivity contribution >= 4 is 33.3 Å². The molecule has 2 rings (SSSR count). The first-order valence-corrected chi connectivity index (χ1v) is 7.42. The molecule has 1 atom stereocenters. The number of hydrogen-bond donors (Lipinski definition) is 3. The summed E-state index contributed by atoms with van der Waals surface area (Å²) >= 11 is 1.60. The summed E-state index contributed by atoms with van der Waals surface area (Å²) < 4.78 is 1.00. The Morgan fingerprint density at radius 2 is 2.26 bits per heavy atom. The number of aromatic nitrogens is 2. The van der Waals surface area contributed by atoms with Crippen LogP contribution in [0.5, 0.6) is 0 Å². The second-order valence-corrected chi connectivity index (χ2v) is 5.57. The predicted octanol–water partition coefficient (Wildman–Crippen LogP) is 2.54. The normalized spacial score (nSPS) is 12.8. The number of aliphatic hydroxyl groups is 1. The zero-order valence-corrected chi connectivity index (χ0v) is 12.1. The van der Waals surface area contributed by atoms with E-state index in [0.717, 1.165) is 40.9 Å². The highest BCUT2D eigenvalue weighted by atomic mass is 32.1. The Balaban J connectivity index is 2.28. The van der Waals surface area contributed by atoms with Gasteiger partial charge in [-0.25, -0.2) is 4.98 Å². The first-order chi connectivity index (χ1) is 9.15. The van der Waals surface area contributed by atoms with E-state index >= 15 is 0 Å². The van der Waals surface area contributed by atoms with Crippen molar-refractivity contribution in [2.45, 2.75) is 39.2 Å². The monoisotopic (exact) mass is 280 g/mol. The van der Waals surface area contributed by atoms with E-state index in [4.69, 9.17) is 5.73 Å². The number of nitrogen functional groups attached to an aromatic ring is 1. The van der Waals surface area contributed by atoms with Crippen LogP contribution >= 0.6 is 11.3 Å². The molecule has 6 heteroatoms. The lowest BCUT2D eigenvalue weighted by Gasteiger charge is -2.17. The Bertz CT molecular complexity index is 555. The highest BCUT2D eigenvalue weighted by molar-refractivity contribution is 7.18. The first-order valence-electron chi connectivity index (χ1n) is 6.54. The Morgan fingerprint density at radius 1 is 1.47 bits per heavy atom. The molecule has 0 unspecified atom stereocenters. The Kier molecular flexibility index (Phi) is 4.55. The average molecular weight is 280 g/mol. The summed E-state index contributed by atoms with van der Waals surface area (Å²) in [6.07, 6.45) is 3.10. The summed E-state index contributed by atoms with van der Waals surface area (Å²) in [5.74, 6) is 0.999. The van der Waals surface area contributed by atoms with Gasteiger partial charge >= 0.3 is 0 Å². The number of unbranched alkanes of at least 4 members (excludes halogenated alkanes) is 1. The zero-order valence-electron chi connectivity index (χ0n) is 11.3. The maximum atomic E-state index is 9.43. The molecule has 2 heterocycles. The minimum absolute atomic E-state index is 0.0138. The first kappa shape index (κ1) is 14.0. The summed E-state index contributed by atoms with van der Waals surface area (Å²) in [6.45, 7) is 4.24. The minimum Gasteiger partial charge on any atom is -0.394 e. The van der Waals surface area contributed by atoms with Crippen molar-refractivity contribution in [2.75, 3.05) is 17.7 Å². The van der Waals surface area contributed by atoms with E-state index in [9.17, 15) is 5.11 Å². The van der Waals surface area contributed by atoms with Crippen LogP contribution in [0.3, 0.4) is 0 Å². The lowest BCUT2D eigenvalue weighted by molar-refractivity contribution is 0.267. The summed E-state index contributed by atoms with van der Waals surface area (Å²) in [5, 5.41) is 14.8. The number of nitrogens with one attached hydrogen (secondary N) is 1. The van der Waals surface area contributed by atoms with Gasteiger partial charge in [0.15, 0.2) is 0 Å². The van der Waals surface area contributed by atoms with Gasteiger partial charge in [-0.1, -0.05) is 19.8 Å². The zero-order chi connectivity index (χ0) is 13.8. The fourth-order valence-electron chi connectivity index (χ4n) is 2.00. The fourth-order valence-corrected chi connectivity index (χ4v) is 2.94. The molecule has 2 aromatic rings. The molecule has 0 amide bonds. The molecule has 19 heavy (non-hydrogen) atoms. The molecule has 0 saturated heterocycles. The van der Waals surface area contributed by atoms with Gasteiger partial charge in [0.2, 0.25) is 5.95 Å². The number of fused-ring (bicyclic) bond motifs is 1. The molecule has 0 aliphatic heterocycles. The highest BCUT2D eigenvalue weighted by Crippen LogP contribution is 2.30. The number of thiophene rings is 1. The quantitative estimate of drug-likeness (QED) is 0.757. The van der Waals surface area contributed by atoms with E-state index in [1.54, 1.807) is 11.3 Å². The van der Waals surface area contributed by atoms with E-state index in [0.29, 0.717) is 0 Å². The number of aliphatic hydroxyl groups excluding tert-OH is 1. The van der Waals surface area contributed by atoms with Gasteiger partial charge in [0.1, 0.15) is 5.82 Å². The van der Waals surface area contributed by atoms with Crippen LogP contribution in [0.15, 0.2) is 5.38 Å². The number of hydrogen-bond acceptors (Lipinski definition) is 6. The average Bonchev–Trinajstić information content (AvgIpc) is 2.76. The minimum atomic E-state index is 0.0138. The van der Waals surface area contributed by atoms with Crippen molar-refractivity contribution < 1.29 is 5.11 Å². The smallest absolute Gasteiger partial charge is 0.222 e. The number of aryl methyl sites for hydroxylation is 1. The maximum absolute atomic E-state index is 9.43. The fraction of sp³-hybridized carbons (Fsp3) is 0.538. The van der Waals surface area contributed by atoms with Gasteiger partial charge in [-0.3, -0.25) is 0 Å². The summed E-state index contributed by atoms with van der Waals surface area (Å²) in [5.41, 5.74) is 7.75. The van der Waals surface area contributed by atoms with Crippen molar-refractivity contribution in [2.24, 2.45) is 0 Å². The van der Waals surface area contributed by atoms with Crippen LogP contribution in [0.1, 0.15) is 31.7 Å². The molecule has 2 aromatic heterocycles. The predicted molar refractivity (Wildman–Crippen MR) is 80.6 cm³/mol. The van der Waals surface area contributed by atoms with Crippen LogP contribution in [0, 0.1) is 6.92 Å². The van der Waals surface area contributed by atoms with E-state index < -0.39 is 0 Å². The largest absolute Gasteiger partial charge is 0.394 e. The highest BCUT2D eigenvalue weighted by Gasteiger charge is 2.14. The molecule has 0 spiro atoms. The van der Waals surface area contributed by atoms with Gasteiger partial charge in [-0.2, -0.15) is 4.98 Å². The lowest BCUT2D eigenvalue weighted by atomic mass is 10.1. The van der Waals surface area contributed by atoms with Crippen LogP contribution < -0.4 is 11.1 Å². The number of nitrogens with two attached hydrogens (primary N) is 1. The summed E-state index contributed by atoms with van der Waals surface area (Å²) in [4.78, 5) is 8.53. The Labute approximate surface area is 116 Å². The molecular weight excluding hydrogens is 260 g/mol. The van der Waals surface area contributed by atoms with E-state index in [-0.39, 0.29) is 18.6 Å². The molecule has 0 aliphatic carbocycles. The third-order valence-corrected chi connectivity index (χ3v) is 4.17. The van der Waals surface area contributed by atoms with Gasteiger partial charge < -0.3 is 16.2 Å². The van der Waals surface area contributed by atoms with Crippen LogP contribution in [0.2, 0.25) is 0 Å². The Hall–Kier alpha value is -1.40. The second kappa shape index (κ2) is 6.16. The van der Waals surface area contributed by atoms with Crippen LogP contribution in [0.25, 0.3) is 10.2 Å². The second-order valence-electron chi connectivity index (χ2n) is 4.69. The van der Waals surface area contributed by atoms with Crippen molar-refractivity contribution in [3.05, 3.63) is 10.9 Å². The van der Waals surface area contributed by atoms with Gasteiger partial charge in [-0.05, 0) is 24.3 Å². The molecular formula is C13H20N4OS. The van der Waals surface area contributed by atoms with Gasteiger partial charge in [0, 0.05) is 0 Å². The third kappa shape index (κ3) is 3.13. The molecule has 0 aromatic carbocycles. The van der Waals surface area contributed by atoms with Crippen LogP contribution in [-0.2, 0) is 0 Å². The number of nitrogens with zero attached hydrogens (tertiary/aromatic N) is 2. The maximum Gasteiger partial charge on any atom is 0.222 e. The summed E-state index contributed by atoms with van der Waals surface area (Å²) in [6, 6.07) is 0.0138. The van der Waals surface area contributed by atoms with Gasteiger partial charge in [0.05, 0.1) is 22.9 Å². The topological polar surface area (TPSA) is 84.1 Å². The van der Waals surface area contributed by atoms with E-state index in [1.165, 1.54) is 0 Å². The van der Waals surface area contributed by atoms with Gasteiger partial charge in [-0.15, -0.1) is 11.3 Å². The van der Waals surface area contributed by atoms with Gasteiger partial charge in [0.25, 0.3) is 0 Å². The number of rotatable bonds is 6. The molecule has 4 N–H and O–H groups in total. The van der Waals surface area contributed by atoms with Crippen molar-refractivity contribution in [3.8, 4) is 0 Å². The van der Waals surface area contributed by atoms with Crippen molar-refractivity contribution in [3.63, 3.8) is 0 Å². The molecule has 0 aliphatic rings. The standard InChI is InChI=1S/C13H20N4OS/c1-3-4-5-9(6-18)15-12-11-10(8(2)7-19-11)16-13(14)17-12/h7,9,18H,3-6H2,1-2H3,(H3,14,15,16,17)/t9-/m0/s1.